The lowest BCUT2D eigenvalue weighted by atomic mass is 9.97. The maximum absolute atomic E-state index is 13.8. The number of nitrogens with zero attached hydrogens (tertiary/aromatic N) is 4. The number of aryl methyl sites for hydroxylation is 1. The summed E-state index contributed by atoms with van der Waals surface area (Å²) in [6.45, 7) is 1.65. The molecule has 0 atom stereocenters. The van der Waals surface area contributed by atoms with E-state index in [1.807, 2.05) is 0 Å². The van der Waals surface area contributed by atoms with Gasteiger partial charge in [0, 0.05) is 41.3 Å². The molecule has 0 spiro atoms. The summed E-state index contributed by atoms with van der Waals surface area (Å²) in [5, 5.41) is 7.28. The number of benzene rings is 2. The number of nitrogens with one attached hydrogen (secondary N) is 1. The van der Waals surface area contributed by atoms with Crippen LogP contribution in [0.2, 0.25) is 0 Å². The molecular formula is C28H19F4N5O. The number of anilines is 1. The van der Waals surface area contributed by atoms with Gasteiger partial charge in [-0.15, -0.1) is 0 Å². The zero-order valence-corrected chi connectivity index (χ0v) is 19.9. The van der Waals surface area contributed by atoms with Gasteiger partial charge in [0.2, 0.25) is 0 Å². The third-order valence-electron chi connectivity index (χ3n) is 5.85. The highest BCUT2D eigenvalue weighted by atomic mass is 19.4. The summed E-state index contributed by atoms with van der Waals surface area (Å²) in [4.78, 5) is 21.4. The highest BCUT2D eigenvalue weighted by molar-refractivity contribution is 6.05. The average Bonchev–Trinajstić information content (AvgIpc) is 3.32. The Hall–Kier alpha value is -4.86. The lowest BCUT2D eigenvalue weighted by Gasteiger charge is -2.15. The minimum absolute atomic E-state index is 0.00429. The summed E-state index contributed by atoms with van der Waals surface area (Å²) in [5.74, 6) is -0.857. The van der Waals surface area contributed by atoms with Gasteiger partial charge in [-0.3, -0.25) is 14.8 Å². The van der Waals surface area contributed by atoms with Crippen molar-refractivity contribution in [2.24, 2.45) is 0 Å². The number of carbonyl (C=O) groups excluding carboxylic acids is 1. The Morgan fingerprint density at radius 1 is 0.921 bits per heavy atom. The molecule has 5 aromatic rings. The monoisotopic (exact) mass is 517 g/mol. The maximum atomic E-state index is 13.8. The Morgan fingerprint density at radius 3 is 2.34 bits per heavy atom. The summed E-state index contributed by atoms with van der Waals surface area (Å²) >= 11 is 0. The molecule has 2 aromatic carbocycles. The number of hydrogen-bond acceptors (Lipinski definition) is 4. The molecule has 0 aliphatic carbocycles. The third-order valence-corrected chi connectivity index (χ3v) is 5.85. The van der Waals surface area contributed by atoms with Gasteiger partial charge in [0.25, 0.3) is 5.91 Å². The zero-order valence-electron chi connectivity index (χ0n) is 19.9. The van der Waals surface area contributed by atoms with Crippen molar-refractivity contribution in [2.45, 2.75) is 13.1 Å². The molecule has 6 nitrogen and oxygen atoms in total. The van der Waals surface area contributed by atoms with E-state index in [2.05, 4.69) is 20.4 Å². The number of hydrogen-bond donors (Lipinski definition) is 1. The molecule has 190 valence electrons. The van der Waals surface area contributed by atoms with Crippen LogP contribution >= 0.6 is 0 Å². The number of halogens is 4. The van der Waals surface area contributed by atoms with Crippen LogP contribution in [0.5, 0.6) is 0 Å². The van der Waals surface area contributed by atoms with E-state index in [4.69, 9.17) is 0 Å². The first-order valence-electron chi connectivity index (χ1n) is 11.4. The van der Waals surface area contributed by atoms with Gasteiger partial charge in [-0.05, 0) is 73.2 Å². The van der Waals surface area contributed by atoms with Gasteiger partial charge >= 0.3 is 6.18 Å². The number of pyridine rings is 2. The van der Waals surface area contributed by atoms with Gasteiger partial charge in [-0.2, -0.15) is 18.3 Å². The van der Waals surface area contributed by atoms with E-state index in [9.17, 15) is 22.4 Å². The van der Waals surface area contributed by atoms with Gasteiger partial charge in [0.1, 0.15) is 11.6 Å². The average molecular weight is 517 g/mol. The minimum Gasteiger partial charge on any atom is -0.306 e. The second kappa shape index (κ2) is 9.89. The van der Waals surface area contributed by atoms with Crippen LogP contribution in [0.1, 0.15) is 21.5 Å². The molecule has 0 aliphatic heterocycles. The molecule has 1 amide bonds. The van der Waals surface area contributed by atoms with E-state index in [1.54, 1.807) is 49.6 Å². The highest BCUT2D eigenvalue weighted by Crippen LogP contribution is 2.38. The fraction of sp³-hybridized carbons (Fsp3) is 0.0714. The molecule has 0 radical (unpaired) electrons. The number of carbonyl (C=O) groups is 1. The predicted molar refractivity (Wildman–Crippen MR) is 134 cm³/mol. The molecule has 0 saturated carbocycles. The minimum atomic E-state index is -4.64. The van der Waals surface area contributed by atoms with E-state index in [0.29, 0.717) is 16.9 Å². The van der Waals surface area contributed by atoms with E-state index in [1.165, 1.54) is 41.2 Å². The first-order valence-corrected chi connectivity index (χ1v) is 11.4. The molecule has 3 aromatic heterocycles. The second-order valence-corrected chi connectivity index (χ2v) is 8.42. The van der Waals surface area contributed by atoms with E-state index >= 15 is 0 Å². The lowest BCUT2D eigenvalue weighted by molar-refractivity contribution is -0.137. The Bertz CT molecular complexity index is 1610. The van der Waals surface area contributed by atoms with Crippen molar-refractivity contribution < 1.29 is 22.4 Å². The number of amides is 1. The van der Waals surface area contributed by atoms with Crippen LogP contribution in [-0.4, -0.2) is 25.7 Å². The predicted octanol–water partition coefficient (Wildman–Crippen LogP) is 6.71. The summed E-state index contributed by atoms with van der Waals surface area (Å²) in [5.41, 5.74) is 1.26. The second-order valence-electron chi connectivity index (χ2n) is 8.42. The molecule has 38 heavy (non-hydrogen) atoms. The topological polar surface area (TPSA) is 72.7 Å². The van der Waals surface area contributed by atoms with Crippen LogP contribution in [0.15, 0.2) is 91.4 Å². The largest absolute Gasteiger partial charge is 0.417 e. The summed E-state index contributed by atoms with van der Waals surface area (Å²) in [7, 11) is 0. The Morgan fingerprint density at radius 2 is 1.66 bits per heavy atom. The maximum Gasteiger partial charge on any atom is 0.417 e. The number of alkyl halides is 3. The first-order chi connectivity index (χ1) is 18.2. The highest BCUT2D eigenvalue weighted by Gasteiger charge is 2.34. The van der Waals surface area contributed by atoms with Gasteiger partial charge in [0.05, 0.1) is 22.6 Å². The molecule has 0 aliphatic rings. The fourth-order valence-corrected chi connectivity index (χ4v) is 4.00. The lowest BCUT2D eigenvalue weighted by Crippen LogP contribution is -2.16. The van der Waals surface area contributed by atoms with Gasteiger partial charge in [-0.1, -0.05) is 6.07 Å². The molecule has 0 unspecified atom stereocenters. The first kappa shape index (κ1) is 24.8. The Kier molecular flexibility index (Phi) is 6.46. The number of rotatable bonds is 5. The molecule has 0 bridgehead atoms. The molecule has 5 rings (SSSR count). The van der Waals surface area contributed by atoms with Crippen LogP contribution in [0, 0.1) is 12.7 Å². The van der Waals surface area contributed by atoms with Crippen molar-refractivity contribution in [3.63, 3.8) is 0 Å². The van der Waals surface area contributed by atoms with Crippen LogP contribution in [0.4, 0.5) is 23.4 Å². The van der Waals surface area contributed by atoms with Crippen molar-refractivity contribution in [1.82, 2.24) is 19.7 Å². The van der Waals surface area contributed by atoms with Crippen molar-refractivity contribution in [1.29, 1.82) is 0 Å². The standard InChI is InChI=1S/C28H19F4N5O/c1-17-3-2-12-34-26(17)22-15-19(4-9-23(22)28(30,31)32)27(38)35-25-16-24(18-10-13-33-14-11-18)36-37(25)21-7-5-20(29)6-8-21/h2-16H,1H3,(H,35,38). The third kappa shape index (κ3) is 5.01. The smallest absolute Gasteiger partial charge is 0.306 e. The van der Waals surface area contributed by atoms with Crippen LogP contribution in [0.3, 0.4) is 0 Å². The van der Waals surface area contributed by atoms with Crippen molar-refractivity contribution in [3.05, 3.63) is 114 Å². The molecule has 1 N–H and O–H groups in total. The zero-order chi connectivity index (χ0) is 26.9. The van der Waals surface area contributed by atoms with Crippen LogP contribution in [-0.2, 0) is 6.18 Å². The van der Waals surface area contributed by atoms with Crippen molar-refractivity contribution in [3.8, 4) is 28.2 Å². The van der Waals surface area contributed by atoms with Gasteiger partial charge in [0.15, 0.2) is 0 Å². The van der Waals surface area contributed by atoms with Crippen LogP contribution < -0.4 is 5.32 Å². The Balaban J connectivity index is 1.56. The molecule has 0 fully saturated rings. The normalized spacial score (nSPS) is 11.4. The fourth-order valence-electron chi connectivity index (χ4n) is 4.00. The van der Waals surface area contributed by atoms with E-state index in [-0.39, 0.29) is 22.6 Å². The van der Waals surface area contributed by atoms with Crippen LogP contribution in [0.25, 0.3) is 28.2 Å². The van der Waals surface area contributed by atoms with Crippen molar-refractivity contribution in [2.75, 3.05) is 5.32 Å². The summed E-state index contributed by atoms with van der Waals surface area (Å²) < 4.78 is 56.4. The SMILES string of the molecule is Cc1cccnc1-c1cc(C(=O)Nc2cc(-c3ccncc3)nn2-c2ccc(F)cc2)ccc1C(F)(F)F. The van der Waals surface area contributed by atoms with E-state index < -0.39 is 23.5 Å². The summed E-state index contributed by atoms with van der Waals surface area (Å²) in [6.07, 6.45) is -0.0618. The molecule has 0 saturated heterocycles. The quantitative estimate of drug-likeness (QED) is 0.263. The number of aromatic nitrogens is 4. The van der Waals surface area contributed by atoms with Crippen molar-refractivity contribution >= 4 is 11.7 Å². The molecule has 3 heterocycles. The molecular weight excluding hydrogens is 498 g/mol. The van der Waals surface area contributed by atoms with E-state index in [0.717, 1.165) is 17.7 Å². The van der Waals surface area contributed by atoms with Gasteiger partial charge in [-0.25, -0.2) is 9.07 Å². The molecule has 10 heteroatoms. The Labute approximate surface area is 214 Å². The van der Waals surface area contributed by atoms with Gasteiger partial charge < -0.3 is 5.32 Å². The summed E-state index contributed by atoms with van der Waals surface area (Å²) in [6, 6.07) is 17.0.